The van der Waals surface area contributed by atoms with Crippen LogP contribution in [0.3, 0.4) is 0 Å². The van der Waals surface area contributed by atoms with Gasteiger partial charge < -0.3 is 14.9 Å². The maximum Gasteiger partial charge on any atom is 0.0563 e. The van der Waals surface area contributed by atoms with Gasteiger partial charge >= 0.3 is 0 Å². The van der Waals surface area contributed by atoms with Gasteiger partial charge in [-0.3, -0.25) is 0 Å². The van der Waals surface area contributed by atoms with Gasteiger partial charge in [-0.25, -0.2) is 0 Å². The third kappa shape index (κ3) is 3.09. The molecule has 2 N–H and O–H groups in total. The van der Waals surface area contributed by atoms with E-state index in [0.717, 1.165) is 12.5 Å². The minimum Gasteiger partial charge on any atom is -0.396 e. The predicted octanol–water partition coefficient (Wildman–Crippen LogP) is 0.404. The lowest BCUT2D eigenvalue weighted by Crippen LogP contribution is -2.31. The highest BCUT2D eigenvalue weighted by Gasteiger charge is 2.26. The summed E-state index contributed by atoms with van der Waals surface area (Å²) in [5.41, 5.74) is -0.463. The third-order valence-electron chi connectivity index (χ3n) is 2.26. The van der Waals surface area contributed by atoms with Gasteiger partial charge in [-0.15, -0.1) is 0 Å². The average Bonchev–Trinajstić information content (AvgIpc) is 2.88. The van der Waals surface area contributed by atoms with Crippen LogP contribution in [-0.2, 0) is 4.74 Å². The fourth-order valence-electron chi connectivity index (χ4n) is 0.898. The summed E-state index contributed by atoms with van der Waals surface area (Å²) in [7, 11) is 0. The number of hydrogen-bond donors (Lipinski definition) is 2. The Balaban J connectivity index is 2.08. The Bertz CT molecular complexity index is 128. The van der Waals surface area contributed by atoms with Crippen molar-refractivity contribution in [2.45, 2.75) is 19.8 Å². The standard InChI is InChI=1S/C9H18O3/c1-9(5-10,6-11)7-12-4-8-2-3-8/h8,10-11H,2-7H2,1H3. The zero-order valence-electron chi connectivity index (χ0n) is 7.62. The zero-order chi connectivity index (χ0) is 9.03. The normalized spacial score (nSPS) is 18.2. The van der Waals surface area contributed by atoms with Gasteiger partial charge in [0.1, 0.15) is 0 Å². The van der Waals surface area contributed by atoms with Crippen LogP contribution in [0.15, 0.2) is 0 Å². The maximum absolute atomic E-state index is 8.93. The molecule has 0 bridgehead atoms. The molecule has 1 rings (SSSR count). The Morgan fingerprint density at radius 2 is 1.92 bits per heavy atom. The molecule has 3 heteroatoms. The molecule has 1 aliphatic carbocycles. The molecule has 0 atom stereocenters. The molecule has 0 radical (unpaired) electrons. The minimum absolute atomic E-state index is 0.0197. The first-order chi connectivity index (χ1) is 5.70. The molecule has 0 aromatic rings. The van der Waals surface area contributed by atoms with Crippen LogP contribution >= 0.6 is 0 Å². The van der Waals surface area contributed by atoms with Crippen molar-refractivity contribution in [1.82, 2.24) is 0 Å². The number of ether oxygens (including phenoxy) is 1. The SMILES string of the molecule is CC(CO)(CO)COCC1CC1. The van der Waals surface area contributed by atoms with E-state index >= 15 is 0 Å². The summed E-state index contributed by atoms with van der Waals surface area (Å²) in [6.45, 7) is 3.02. The number of hydrogen-bond acceptors (Lipinski definition) is 3. The average molecular weight is 174 g/mol. The molecule has 0 unspecified atom stereocenters. The van der Waals surface area contributed by atoms with Gasteiger partial charge in [0.2, 0.25) is 0 Å². The second-order valence-electron chi connectivity index (χ2n) is 4.09. The van der Waals surface area contributed by atoms with E-state index in [0.29, 0.717) is 6.61 Å². The van der Waals surface area contributed by atoms with Crippen molar-refractivity contribution in [1.29, 1.82) is 0 Å². The van der Waals surface area contributed by atoms with E-state index in [4.69, 9.17) is 14.9 Å². The fourth-order valence-corrected chi connectivity index (χ4v) is 0.898. The molecular formula is C9H18O3. The van der Waals surface area contributed by atoms with E-state index in [9.17, 15) is 0 Å². The van der Waals surface area contributed by atoms with Crippen LogP contribution in [0.1, 0.15) is 19.8 Å². The van der Waals surface area contributed by atoms with Crippen LogP contribution in [0.25, 0.3) is 0 Å². The van der Waals surface area contributed by atoms with Gasteiger partial charge in [-0.05, 0) is 18.8 Å². The smallest absolute Gasteiger partial charge is 0.0563 e. The van der Waals surface area contributed by atoms with Crippen molar-refractivity contribution in [3.8, 4) is 0 Å². The largest absolute Gasteiger partial charge is 0.396 e. The van der Waals surface area contributed by atoms with Crippen molar-refractivity contribution in [3.63, 3.8) is 0 Å². The van der Waals surface area contributed by atoms with Crippen molar-refractivity contribution in [2.75, 3.05) is 26.4 Å². The molecule has 0 amide bonds. The van der Waals surface area contributed by atoms with Crippen molar-refractivity contribution in [3.05, 3.63) is 0 Å². The van der Waals surface area contributed by atoms with Gasteiger partial charge in [0, 0.05) is 12.0 Å². The lowest BCUT2D eigenvalue weighted by Gasteiger charge is -2.23. The Morgan fingerprint density at radius 3 is 2.33 bits per heavy atom. The molecule has 72 valence electrons. The molecule has 0 aromatic heterocycles. The molecule has 3 nitrogen and oxygen atoms in total. The van der Waals surface area contributed by atoms with Gasteiger partial charge in [0.15, 0.2) is 0 Å². The molecule has 1 fully saturated rings. The van der Waals surface area contributed by atoms with Crippen LogP contribution in [0.5, 0.6) is 0 Å². The summed E-state index contributed by atoms with van der Waals surface area (Å²) in [6.07, 6.45) is 2.55. The predicted molar refractivity (Wildman–Crippen MR) is 45.8 cm³/mol. The summed E-state index contributed by atoms with van der Waals surface area (Å²) in [5, 5.41) is 17.9. The molecule has 0 aliphatic heterocycles. The van der Waals surface area contributed by atoms with E-state index in [1.165, 1.54) is 12.8 Å². The van der Waals surface area contributed by atoms with Crippen LogP contribution in [-0.4, -0.2) is 36.6 Å². The summed E-state index contributed by atoms with van der Waals surface area (Å²) in [6, 6.07) is 0. The Kier molecular flexibility index (Phi) is 3.50. The highest BCUT2D eigenvalue weighted by Crippen LogP contribution is 2.29. The molecule has 0 heterocycles. The molecule has 0 spiro atoms. The summed E-state index contributed by atoms with van der Waals surface area (Å²) < 4.78 is 5.38. The molecular weight excluding hydrogens is 156 g/mol. The highest BCUT2D eigenvalue weighted by molar-refractivity contribution is 4.75. The van der Waals surface area contributed by atoms with E-state index < -0.39 is 5.41 Å². The quantitative estimate of drug-likeness (QED) is 0.613. The molecule has 1 saturated carbocycles. The third-order valence-corrected chi connectivity index (χ3v) is 2.26. The lowest BCUT2D eigenvalue weighted by atomic mass is 9.95. The van der Waals surface area contributed by atoms with Crippen LogP contribution in [0.2, 0.25) is 0 Å². The van der Waals surface area contributed by atoms with Crippen molar-refractivity contribution < 1.29 is 14.9 Å². The first-order valence-corrected chi connectivity index (χ1v) is 4.50. The second-order valence-corrected chi connectivity index (χ2v) is 4.09. The minimum atomic E-state index is -0.463. The molecule has 12 heavy (non-hydrogen) atoms. The van der Waals surface area contributed by atoms with Gasteiger partial charge in [-0.1, -0.05) is 6.92 Å². The first kappa shape index (κ1) is 9.96. The van der Waals surface area contributed by atoms with Gasteiger partial charge in [0.25, 0.3) is 0 Å². The Hall–Kier alpha value is -0.120. The maximum atomic E-state index is 8.93. The fraction of sp³-hybridized carbons (Fsp3) is 1.00. The monoisotopic (exact) mass is 174 g/mol. The van der Waals surface area contributed by atoms with Crippen molar-refractivity contribution >= 4 is 0 Å². The van der Waals surface area contributed by atoms with Crippen LogP contribution in [0.4, 0.5) is 0 Å². The van der Waals surface area contributed by atoms with Crippen LogP contribution in [0, 0.1) is 11.3 Å². The second kappa shape index (κ2) is 4.21. The van der Waals surface area contributed by atoms with E-state index in [-0.39, 0.29) is 13.2 Å². The van der Waals surface area contributed by atoms with Crippen LogP contribution < -0.4 is 0 Å². The van der Waals surface area contributed by atoms with Gasteiger partial charge in [0.05, 0.1) is 19.8 Å². The first-order valence-electron chi connectivity index (χ1n) is 4.50. The Morgan fingerprint density at radius 1 is 1.33 bits per heavy atom. The molecule has 0 saturated heterocycles. The van der Waals surface area contributed by atoms with E-state index in [1.54, 1.807) is 0 Å². The topological polar surface area (TPSA) is 49.7 Å². The lowest BCUT2D eigenvalue weighted by molar-refractivity contribution is -0.0189. The van der Waals surface area contributed by atoms with E-state index in [1.807, 2.05) is 6.92 Å². The summed E-state index contributed by atoms with van der Waals surface area (Å²) >= 11 is 0. The zero-order valence-corrected chi connectivity index (χ0v) is 7.62. The van der Waals surface area contributed by atoms with E-state index in [2.05, 4.69) is 0 Å². The number of aliphatic hydroxyl groups is 2. The molecule has 0 aromatic carbocycles. The van der Waals surface area contributed by atoms with Gasteiger partial charge in [-0.2, -0.15) is 0 Å². The summed E-state index contributed by atoms with van der Waals surface area (Å²) in [4.78, 5) is 0. The van der Waals surface area contributed by atoms with Crippen molar-refractivity contribution in [2.24, 2.45) is 11.3 Å². The number of aliphatic hydroxyl groups excluding tert-OH is 2. The molecule has 1 aliphatic rings. The Labute approximate surface area is 73.4 Å². The highest BCUT2D eigenvalue weighted by atomic mass is 16.5. The number of rotatable bonds is 6. The summed E-state index contributed by atoms with van der Waals surface area (Å²) in [5.74, 6) is 0.742.